The van der Waals surface area contributed by atoms with Crippen molar-refractivity contribution < 1.29 is 27.1 Å². The van der Waals surface area contributed by atoms with Crippen molar-refractivity contribution in [3.8, 4) is 11.5 Å². The van der Waals surface area contributed by atoms with Gasteiger partial charge in [0.05, 0.1) is 17.0 Å². The number of Topliss-reactive ketones (excluding diaryl/α,β-unsaturated/α-hetero) is 1. The average molecular weight is 473 g/mol. The fourth-order valence-corrected chi connectivity index (χ4v) is 5.77. The quantitative estimate of drug-likeness (QED) is 0.526. The maximum Gasteiger partial charge on any atom is 0.420 e. The van der Waals surface area contributed by atoms with Gasteiger partial charge >= 0.3 is 5.76 Å². The van der Waals surface area contributed by atoms with Gasteiger partial charge in [-0.2, -0.15) is 4.31 Å². The largest absolute Gasteiger partial charge is 0.486 e. The molecule has 0 bridgehead atoms. The van der Waals surface area contributed by atoms with Gasteiger partial charge in [0.25, 0.3) is 0 Å². The summed E-state index contributed by atoms with van der Waals surface area (Å²) < 4.78 is 45.1. The first-order chi connectivity index (χ1) is 15.9. The topological polar surface area (TPSA) is 108 Å². The molecule has 0 N–H and O–H groups in total. The molecule has 3 heterocycles. The number of fused-ring (bicyclic) bond motifs is 2. The van der Waals surface area contributed by atoms with Crippen molar-refractivity contribution in [2.75, 3.05) is 26.3 Å². The molecule has 1 aromatic heterocycles. The first-order valence-electron chi connectivity index (χ1n) is 11.0. The molecule has 0 radical (unpaired) electrons. The summed E-state index contributed by atoms with van der Waals surface area (Å²) in [6, 6.07) is 9.22. The Morgan fingerprint density at radius 3 is 2.39 bits per heavy atom. The number of oxazole rings is 1. The van der Waals surface area contributed by atoms with Crippen molar-refractivity contribution in [3.05, 3.63) is 52.5 Å². The Labute approximate surface area is 190 Å². The van der Waals surface area contributed by atoms with Crippen LogP contribution in [0.3, 0.4) is 0 Å². The van der Waals surface area contributed by atoms with Gasteiger partial charge in [-0.25, -0.2) is 13.2 Å². The molecule has 5 rings (SSSR count). The smallest absolute Gasteiger partial charge is 0.420 e. The highest BCUT2D eigenvalue weighted by Gasteiger charge is 2.26. The maximum atomic E-state index is 13.1. The Hall–Kier alpha value is -3.11. The Morgan fingerprint density at radius 1 is 0.909 bits per heavy atom. The summed E-state index contributed by atoms with van der Waals surface area (Å²) in [5.74, 6) is 0.0278. The second-order valence-corrected chi connectivity index (χ2v) is 10.1. The Balaban J connectivity index is 1.42. The highest BCUT2D eigenvalue weighted by Crippen LogP contribution is 2.31. The summed E-state index contributed by atoms with van der Waals surface area (Å²) in [4.78, 5) is 25.4. The SMILES string of the molecule is O=C(Cn1c(=O)oc2cc(S(=O)(=O)N3CCCCCC3)ccc21)c1ccc2c(c1)OCCO2. The Kier molecular flexibility index (Phi) is 5.71. The van der Waals surface area contributed by atoms with Gasteiger partial charge in [0.15, 0.2) is 22.9 Å². The molecule has 0 aliphatic carbocycles. The third kappa shape index (κ3) is 4.16. The van der Waals surface area contributed by atoms with Crippen LogP contribution in [0.25, 0.3) is 11.1 Å². The monoisotopic (exact) mass is 472 g/mol. The molecule has 174 valence electrons. The zero-order valence-corrected chi connectivity index (χ0v) is 18.8. The summed E-state index contributed by atoms with van der Waals surface area (Å²) in [6.07, 6.45) is 3.68. The molecule has 3 aromatic rings. The molecule has 2 aromatic carbocycles. The molecule has 1 fully saturated rings. The molecule has 33 heavy (non-hydrogen) atoms. The first kappa shape index (κ1) is 21.7. The van der Waals surface area contributed by atoms with Crippen LogP contribution in [0.4, 0.5) is 0 Å². The van der Waals surface area contributed by atoms with E-state index in [0.717, 1.165) is 25.7 Å². The fourth-order valence-electron chi connectivity index (χ4n) is 4.24. The number of hydrogen-bond donors (Lipinski definition) is 0. The van der Waals surface area contributed by atoms with Crippen molar-refractivity contribution in [1.82, 2.24) is 8.87 Å². The molecular formula is C23H24N2O7S. The van der Waals surface area contributed by atoms with Crippen molar-refractivity contribution in [2.24, 2.45) is 0 Å². The van der Waals surface area contributed by atoms with Gasteiger partial charge in [-0.15, -0.1) is 0 Å². The zero-order chi connectivity index (χ0) is 23.0. The summed E-state index contributed by atoms with van der Waals surface area (Å²) in [5.41, 5.74) is 0.868. The van der Waals surface area contributed by atoms with Gasteiger partial charge in [0.2, 0.25) is 10.0 Å². The van der Waals surface area contributed by atoms with Crippen LogP contribution in [0.2, 0.25) is 0 Å². The number of nitrogens with zero attached hydrogens (tertiary/aromatic N) is 2. The second-order valence-electron chi connectivity index (χ2n) is 8.18. The zero-order valence-electron chi connectivity index (χ0n) is 18.0. The van der Waals surface area contributed by atoms with E-state index < -0.39 is 15.8 Å². The molecule has 0 saturated carbocycles. The molecule has 0 spiro atoms. The van der Waals surface area contributed by atoms with E-state index >= 15 is 0 Å². The van der Waals surface area contributed by atoms with Crippen molar-refractivity contribution in [1.29, 1.82) is 0 Å². The summed E-state index contributed by atoms with van der Waals surface area (Å²) >= 11 is 0. The molecule has 9 nitrogen and oxygen atoms in total. The third-order valence-corrected chi connectivity index (χ3v) is 7.90. The number of hydrogen-bond acceptors (Lipinski definition) is 7. The van der Waals surface area contributed by atoms with Crippen molar-refractivity contribution in [3.63, 3.8) is 0 Å². The van der Waals surface area contributed by atoms with E-state index in [2.05, 4.69) is 0 Å². The minimum absolute atomic E-state index is 0.0796. The van der Waals surface area contributed by atoms with E-state index in [9.17, 15) is 18.0 Å². The van der Waals surface area contributed by atoms with Gasteiger partial charge in [-0.1, -0.05) is 12.8 Å². The predicted octanol–water partition coefficient (Wildman–Crippen LogP) is 2.81. The number of ketones is 1. The minimum atomic E-state index is -3.69. The fraction of sp³-hybridized carbons (Fsp3) is 0.391. The van der Waals surface area contributed by atoms with E-state index in [1.165, 1.54) is 27.1 Å². The van der Waals surface area contributed by atoms with Gasteiger partial charge in [-0.3, -0.25) is 9.36 Å². The number of carbonyl (C=O) groups is 1. The van der Waals surface area contributed by atoms with Crippen LogP contribution >= 0.6 is 0 Å². The average Bonchev–Trinajstić information content (AvgIpc) is 2.99. The van der Waals surface area contributed by atoms with Gasteiger partial charge < -0.3 is 13.9 Å². The lowest BCUT2D eigenvalue weighted by atomic mass is 10.1. The number of aromatic nitrogens is 1. The molecule has 1 saturated heterocycles. The molecule has 2 aliphatic heterocycles. The van der Waals surface area contributed by atoms with Crippen LogP contribution in [-0.2, 0) is 16.6 Å². The highest BCUT2D eigenvalue weighted by atomic mass is 32.2. The van der Waals surface area contributed by atoms with E-state index in [-0.39, 0.29) is 22.8 Å². The van der Waals surface area contributed by atoms with Crippen LogP contribution in [-0.4, -0.2) is 49.4 Å². The molecule has 0 amide bonds. The van der Waals surface area contributed by atoms with Crippen LogP contribution in [0, 0.1) is 0 Å². The van der Waals surface area contributed by atoms with Gasteiger partial charge in [0, 0.05) is 24.7 Å². The second kappa shape index (κ2) is 8.68. The molecule has 10 heteroatoms. The van der Waals surface area contributed by atoms with Crippen molar-refractivity contribution >= 4 is 26.9 Å². The molecule has 0 unspecified atom stereocenters. The van der Waals surface area contributed by atoms with E-state index in [0.29, 0.717) is 48.9 Å². The van der Waals surface area contributed by atoms with E-state index in [4.69, 9.17) is 13.9 Å². The lowest BCUT2D eigenvalue weighted by Gasteiger charge is -2.19. The minimum Gasteiger partial charge on any atom is -0.486 e. The predicted molar refractivity (Wildman–Crippen MR) is 119 cm³/mol. The van der Waals surface area contributed by atoms with Gasteiger partial charge in [0.1, 0.15) is 13.2 Å². The lowest BCUT2D eigenvalue weighted by Crippen LogP contribution is -2.31. The lowest BCUT2D eigenvalue weighted by molar-refractivity contribution is 0.0969. The van der Waals surface area contributed by atoms with E-state index in [1.807, 2.05) is 0 Å². The number of benzene rings is 2. The molecule has 2 aliphatic rings. The third-order valence-electron chi connectivity index (χ3n) is 6.01. The number of rotatable bonds is 5. The van der Waals surface area contributed by atoms with E-state index in [1.54, 1.807) is 18.2 Å². The summed E-state index contributed by atoms with van der Waals surface area (Å²) in [7, 11) is -3.69. The van der Waals surface area contributed by atoms with Crippen LogP contribution in [0.15, 0.2) is 50.5 Å². The highest BCUT2D eigenvalue weighted by molar-refractivity contribution is 7.89. The van der Waals surface area contributed by atoms with Crippen LogP contribution < -0.4 is 15.2 Å². The number of sulfonamides is 1. The maximum absolute atomic E-state index is 13.1. The standard InChI is InChI=1S/C23H24N2O7S/c26-19(16-5-8-20-22(13-16)31-12-11-30-20)15-25-18-7-6-17(14-21(18)32-23(25)27)33(28,29)24-9-3-1-2-4-10-24/h5-8,13-14H,1-4,9-12,15H2. The first-order valence-corrected chi connectivity index (χ1v) is 12.4. The Bertz CT molecular complexity index is 1370. The van der Waals surface area contributed by atoms with Gasteiger partial charge in [-0.05, 0) is 43.2 Å². The Morgan fingerprint density at radius 2 is 1.64 bits per heavy atom. The van der Waals surface area contributed by atoms with Crippen molar-refractivity contribution in [2.45, 2.75) is 37.1 Å². The molecular weight excluding hydrogens is 448 g/mol. The number of carbonyl (C=O) groups excluding carboxylic acids is 1. The van der Waals surface area contributed by atoms with Crippen LogP contribution in [0.5, 0.6) is 11.5 Å². The summed E-state index contributed by atoms with van der Waals surface area (Å²) in [5, 5.41) is 0. The molecule has 0 atom stereocenters. The summed E-state index contributed by atoms with van der Waals surface area (Å²) in [6.45, 7) is 1.57. The van der Waals surface area contributed by atoms with Crippen LogP contribution in [0.1, 0.15) is 36.0 Å². The number of ether oxygens (including phenoxy) is 2. The normalized spacial score (nSPS) is 17.1.